The Morgan fingerprint density at radius 2 is 0.772 bits per heavy atom. The van der Waals surface area contributed by atoms with Crippen LogP contribution in [0.25, 0.3) is 0 Å². The third-order valence-corrected chi connectivity index (χ3v) is 10.6. The monoisotopic (exact) mass is 792 g/mol. The van der Waals surface area contributed by atoms with Crippen molar-refractivity contribution >= 4 is 5.91 Å². The summed E-state index contributed by atoms with van der Waals surface area (Å²) in [4.78, 5) is 12.3. The summed E-state index contributed by atoms with van der Waals surface area (Å²) in [5, 5.41) is 22.8. The van der Waals surface area contributed by atoms with E-state index in [0.717, 1.165) is 64.2 Å². The molecule has 0 aliphatic heterocycles. The van der Waals surface area contributed by atoms with Crippen molar-refractivity contribution in [1.82, 2.24) is 5.32 Å². The lowest BCUT2D eigenvalue weighted by Crippen LogP contribution is -2.45. The van der Waals surface area contributed by atoms with Crippen molar-refractivity contribution in [2.24, 2.45) is 0 Å². The Balaban J connectivity index is 3.45. The van der Waals surface area contributed by atoms with Gasteiger partial charge in [-0.05, 0) is 70.6 Å². The summed E-state index contributed by atoms with van der Waals surface area (Å²) in [7, 11) is 0. The molecule has 2 atom stereocenters. The van der Waals surface area contributed by atoms with Gasteiger partial charge in [-0.25, -0.2) is 0 Å². The van der Waals surface area contributed by atoms with E-state index in [9.17, 15) is 15.0 Å². The molecule has 0 aromatic rings. The molecule has 0 bridgehead atoms. The van der Waals surface area contributed by atoms with Crippen molar-refractivity contribution in [2.75, 3.05) is 6.61 Å². The molecule has 1 amide bonds. The molecular weight excluding hydrogens is 699 g/mol. The van der Waals surface area contributed by atoms with Gasteiger partial charge in [0.1, 0.15) is 0 Å². The lowest BCUT2D eigenvalue weighted by atomic mass is 10.0. The minimum absolute atomic E-state index is 0.0687. The number of aliphatic hydroxyl groups excluding tert-OH is 2. The first kappa shape index (κ1) is 54.6. The van der Waals surface area contributed by atoms with Crippen LogP contribution in [0.1, 0.15) is 226 Å². The van der Waals surface area contributed by atoms with Crippen LogP contribution in [0.15, 0.2) is 85.1 Å². The third kappa shape index (κ3) is 44.5. The van der Waals surface area contributed by atoms with Crippen LogP contribution in [-0.4, -0.2) is 34.9 Å². The van der Waals surface area contributed by atoms with Gasteiger partial charge in [-0.2, -0.15) is 0 Å². The van der Waals surface area contributed by atoms with E-state index in [4.69, 9.17) is 0 Å². The molecule has 0 heterocycles. The van der Waals surface area contributed by atoms with E-state index in [1.165, 1.54) is 141 Å². The van der Waals surface area contributed by atoms with E-state index in [2.05, 4.69) is 92.1 Å². The minimum Gasteiger partial charge on any atom is -0.394 e. The van der Waals surface area contributed by atoms with Crippen molar-refractivity contribution in [3.8, 4) is 0 Å². The van der Waals surface area contributed by atoms with Crippen LogP contribution in [-0.2, 0) is 4.79 Å². The first-order chi connectivity index (χ1) is 28.2. The van der Waals surface area contributed by atoms with E-state index < -0.39 is 12.1 Å². The zero-order valence-corrected chi connectivity index (χ0v) is 37.6. The second kappa shape index (κ2) is 47.9. The van der Waals surface area contributed by atoms with Crippen LogP contribution in [0, 0.1) is 0 Å². The Morgan fingerprint density at radius 3 is 1.16 bits per heavy atom. The summed E-state index contributed by atoms with van der Waals surface area (Å²) < 4.78 is 0. The van der Waals surface area contributed by atoms with Gasteiger partial charge in [0.05, 0.1) is 18.8 Å². The van der Waals surface area contributed by atoms with Crippen molar-refractivity contribution < 1.29 is 15.0 Å². The molecule has 0 aromatic heterocycles. The SMILES string of the molecule is CC/C=C\C/C=C\C/C=C\C/C=C\C/C=C\C/C=C\CCCCCCCCCCCCCCCCCCCCC(=O)NC(CO)C(O)/C=C/CCCCCCCC. The highest BCUT2D eigenvalue weighted by atomic mass is 16.3. The fourth-order valence-electron chi connectivity index (χ4n) is 6.95. The van der Waals surface area contributed by atoms with E-state index in [-0.39, 0.29) is 12.5 Å². The van der Waals surface area contributed by atoms with Crippen LogP contribution < -0.4 is 5.32 Å². The van der Waals surface area contributed by atoms with Gasteiger partial charge in [0.25, 0.3) is 0 Å². The van der Waals surface area contributed by atoms with Crippen LogP contribution in [0.3, 0.4) is 0 Å². The maximum atomic E-state index is 12.3. The average molecular weight is 792 g/mol. The number of hydrogen-bond acceptors (Lipinski definition) is 3. The summed E-state index contributed by atoms with van der Waals surface area (Å²) in [6, 6.07) is -0.621. The minimum atomic E-state index is -0.838. The highest BCUT2D eigenvalue weighted by Crippen LogP contribution is 2.15. The molecular formula is C53H93NO3. The van der Waals surface area contributed by atoms with Crippen molar-refractivity contribution in [3.05, 3.63) is 85.1 Å². The molecule has 0 saturated heterocycles. The van der Waals surface area contributed by atoms with E-state index in [0.29, 0.717) is 6.42 Å². The molecule has 3 N–H and O–H groups in total. The average Bonchev–Trinajstić information content (AvgIpc) is 3.22. The second-order valence-electron chi connectivity index (χ2n) is 16.1. The topological polar surface area (TPSA) is 69.6 Å². The summed E-state index contributed by atoms with van der Waals surface area (Å²) in [6.07, 6.45) is 70.2. The maximum Gasteiger partial charge on any atom is 0.220 e. The largest absolute Gasteiger partial charge is 0.394 e. The van der Waals surface area contributed by atoms with Gasteiger partial charge in [0.15, 0.2) is 0 Å². The Kier molecular flexibility index (Phi) is 45.9. The van der Waals surface area contributed by atoms with E-state index in [1.807, 2.05) is 6.08 Å². The number of aliphatic hydroxyl groups is 2. The Labute approximate surface area is 354 Å². The van der Waals surface area contributed by atoms with Gasteiger partial charge in [0.2, 0.25) is 5.91 Å². The van der Waals surface area contributed by atoms with E-state index >= 15 is 0 Å². The van der Waals surface area contributed by atoms with Gasteiger partial charge in [-0.3, -0.25) is 4.79 Å². The first-order valence-electron chi connectivity index (χ1n) is 24.3. The predicted octanol–water partition coefficient (Wildman–Crippen LogP) is 15.6. The summed E-state index contributed by atoms with van der Waals surface area (Å²) in [5.41, 5.74) is 0. The van der Waals surface area contributed by atoms with Gasteiger partial charge < -0.3 is 15.5 Å². The third-order valence-electron chi connectivity index (χ3n) is 10.6. The molecule has 0 aliphatic rings. The van der Waals surface area contributed by atoms with Crippen LogP contribution in [0.5, 0.6) is 0 Å². The fraction of sp³-hybridized carbons (Fsp3) is 0.717. The molecule has 4 heteroatoms. The van der Waals surface area contributed by atoms with Crippen molar-refractivity contribution in [2.45, 2.75) is 238 Å². The smallest absolute Gasteiger partial charge is 0.220 e. The second-order valence-corrected chi connectivity index (χ2v) is 16.1. The van der Waals surface area contributed by atoms with Gasteiger partial charge in [0, 0.05) is 6.42 Å². The number of rotatable bonds is 43. The lowest BCUT2D eigenvalue weighted by Gasteiger charge is -2.20. The Hall–Kier alpha value is -2.43. The molecule has 4 nitrogen and oxygen atoms in total. The number of nitrogens with one attached hydrogen (secondary N) is 1. The highest BCUT2D eigenvalue weighted by Gasteiger charge is 2.17. The summed E-state index contributed by atoms with van der Waals surface area (Å²) in [6.45, 7) is 4.15. The Morgan fingerprint density at radius 1 is 0.439 bits per heavy atom. The number of carbonyl (C=O) groups is 1. The summed E-state index contributed by atoms with van der Waals surface area (Å²) >= 11 is 0. The van der Waals surface area contributed by atoms with E-state index in [1.54, 1.807) is 6.08 Å². The number of amides is 1. The molecule has 328 valence electrons. The predicted molar refractivity (Wildman–Crippen MR) is 253 cm³/mol. The lowest BCUT2D eigenvalue weighted by molar-refractivity contribution is -0.123. The first-order valence-corrected chi connectivity index (χ1v) is 24.3. The molecule has 2 unspecified atom stereocenters. The van der Waals surface area contributed by atoms with Crippen LogP contribution in [0.4, 0.5) is 0 Å². The highest BCUT2D eigenvalue weighted by molar-refractivity contribution is 5.76. The standard InChI is InChI=1S/C53H93NO3/c1-3-5-7-9-11-13-14-15-16-17-18-19-20-21-22-23-24-25-26-27-28-29-30-31-32-33-34-35-36-37-38-39-40-41-43-45-47-49-53(57)54-51(50-55)52(56)48-46-44-42-12-10-8-6-4-2/h5,7,11,13,15-16,18-19,21-22,24-25,46,48,51-52,55-56H,3-4,6,8-10,12,14,17,20,23,26-45,47,49-50H2,1-2H3,(H,54,57)/b7-5-,13-11-,16-15-,19-18-,22-21-,25-24-,48-46+. The van der Waals surface area contributed by atoms with Gasteiger partial charge in [-0.1, -0.05) is 234 Å². The molecule has 0 spiro atoms. The molecule has 0 aliphatic carbocycles. The molecule has 0 fully saturated rings. The van der Waals surface area contributed by atoms with Crippen molar-refractivity contribution in [3.63, 3.8) is 0 Å². The van der Waals surface area contributed by atoms with Crippen LogP contribution >= 0.6 is 0 Å². The van der Waals surface area contributed by atoms with Crippen LogP contribution in [0.2, 0.25) is 0 Å². The van der Waals surface area contributed by atoms with Gasteiger partial charge in [-0.15, -0.1) is 0 Å². The fourth-order valence-corrected chi connectivity index (χ4v) is 6.95. The number of hydrogen-bond donors (Lipinski definition) is 3. The summed E-state index contributed by atoms with van der Waals surface area (Å²) in [5.74, 6) is -0.0687. The zero-order valence-electron chi connectivity index (χ0n) is 37.6. The van der Waals surface area contributed by atoms with Crippen molar-refractivity contribution in [1.29, 1.82) is 0 Å². The zero-order chi connectivity index (χ0) is 41.4. The number of carbonyl (C=O) groups excluding carboxylic acids is 1. The normalized spacial score (nSPS) is 13.7. The molecule has 0 radical (unpaired) electrons. The quantitative estimate of drug-likeness (QED) is 0.0425. The molecule has 0 saturated carbocycles. The molecule has 0 aromatic carbocycles. The molecule has 0 rings (SSSR count). The molecule has 57 heavy (non-hydrogen) atoms. The number of allylic oxidation sites excluding steroid dienone is 13. The maximum absolute atomic E-state index is 12.3. The van der Waals surface area contributed by atoms with Gasteiger partial charge >= 0.3 is 0 Å². The Bertz CT molecular complexity index is 1030. The number of unbranched alkanes of at least 4 members (excludes halogenated alkanes) is 24.